The first-order valence-electron chi connectivity index (χ1n) is 9.80. The zero-order chi connectivity index (χ0) is 19.6. The highest BCUT2D eigenvalue weighted by Gasteiger charge is 2.42. The Bertz CT molecular complexity index is 862. The predicted octanol–water partition coefficient (Wildman–Crippen LogP) is 2.23. The molecular weight excluding hydrogens is 354 g/mol. The van der Waals surface area contributed by atoms with E-state index < -0.39 is 0 Å². The Hall–Kier alpha value is -2.83. The van der Waals surface area contributed by atoms with Gasteiger partial charge in [-0.15, -0.1) is 0 Å². The number of carbonyl (C=O) groups excluding carboxylic acids is 2. The van der Waals surface area contributed by atoms with Crippen LogP contribution in [0.1, 0.15) is 47.4 Å². The molecule has 0 radical (unpaired) electrons. The molecule has 28 heavy (non-hydrogen) atoms. The third-order valence-corrected chi connectivity index (χ3v) is 6.08. The summed E-state index contributed by atoms with van der Waals surface area (Å²) in [5.41, 5.74) is 2.31. The van der Waals surface area contributed by atoms with Crippen LogP contribution < -0.4 is 0 Å². The Kier molecular flexibility index (Phi) is 5.07. The molecule has 0 aliphatic carbocycles. The van der Waals surface area contributed by atoms with E-state index in [0.29, 0.717) is 37.3 Å². The van der Waals surface area contributed by atoms with E-state index in [2.05, 4.69) is 15.0 Å². The van der Waals surface area contributed by atoms with Crippen LogP contribution in [0.3, 0.4) is 0 Å². The van der Waals surface area contributed by atoms with Crippen LogP contribution in [0.5, 0.6) is 0 Å². The van der Waals surface area contributed by atoms with Crippen molar-refractivity contribution < 1.29 is 9.59 Å². The van der Waals surface area contributed by atoms with Crippen LogP contribution in [-0.2, 0) is 11.3 Å². The zero-order valence-corrected chi connectivity index (χ0v) is 16.2. The van der Waals surface area contributed by atoms with Gasteiger partial charge >= 0.3 is 0 Å². The third-order valence-electron chi connectivity index (χ3n) is 6.08. The predicted molar refractivity (Wildman–Crippen MR) is 103 cm³/mol. The van der Waals surface area contributed by atoms with E-state index in [9.17, 15) is 9.59 Å². The van der Waals surface area contributed by atoms with Gasteiger partial charge in [-0.3, -0.25) is 14.6 Å². The van der Waals surface area contributed by atoms with Crippen molar-refractivity contribution in [3.63, 3.8) is 0 Å². The van der Waals surface area contributed by atoms with Crippen molar-refractivity contribution >= 4 is 11.8 Å². The van der Waals surface area contributed by atoms with E-state index >= 15 is 0 Å². The second kappa shape index (κ2) is 7.66. The molecule has 2 aliphatic rings. The van der Waals surface area contributed by atoms with Crippen LogP contribution in [0.2, 0.25) is 0 Å². The van der Waals surface area contributed by atoms with E-state index in [1.54, 1.807) is 12.4 Å². The van der Waals surface area contributed by atoms with Crippen molar-refractivity contribution in [1.29, 1.82) is 0 Å². The summed E-state index contributed by atoms with van der Waals surface area (Å²) in [5, 5.41) is 0. The maximum Gasteiger partial charge on any atom is 0.257 e. The van der Waals surface area contributed by atoms with Crippen molar-refractivity contribution in [1.82, 2.24) is 24.8 Å². The lowest BCUT2D eigenvalue weighted by Crippen LogP contribution is -2.52. The van der Waals surface area contributed by atoms with Gasteiger partial charge in [-0.25, -0.2) is 9.97 Å². The summed E-state index contributed by atoms with van der Waals surface area (Å²) < 4.78 is 0. The monoisotopic (exact) mass is 379 g/mol. The molecule has 2 fully saturated rings. The summed E-state index contributed by atoms with van der Waals surface area (Å²) >= 11 is 0. The summed E-state index contributed by atoms with van der Waals surface area (Å²) in [5.74, 6) is 0.206. The first-order chi connectivity index (χ1) is 13.6. The van der Waals surface area contributed by atoms with E-state index in [1.807, 2.05) is 34.9 Å². The maximum atomic E-state index is 12.8. The molecule has 0 N–H and O–H groups in total. The fraction of sp³-hybridized carbons (Fsp3) is 0.476. The molecular formula is C21H25N5O2. The number of rotatable bonds is 3. The lowest BCUT2D eigenvalue weighted by molar-refractivity contribution is -0.139. The van der Waals surface area contributed by atoms with E-state index in [1.165, 1.54) is 6.33 Å². The molecule has 2 aliphatic heterocycles. The summed E-state index contributed by atoms with van der Waals surface area (Å²) in [7, 11) is 0. The Morgan fingerprint density at radius 2 is 2.00 bits per heavy atom. The largest absolute Gasteiger partial charge is 0.339 e. The number of amides is 2. The molecule has 0 aromatic carbocycles. The summed E-state index contributed by atoms with van der Waals surface area (Å²) in [6, 6.07) is 5.79. The van der Waals surface area contributed by atoms with Gasteiger partial charge < -0.3 is 9.80 Å². The quantitative estimate of drug-likeness (QED) is 0.817. The Labute approximate surface area is 164 Å². The normalized spacial score (nSPS) is 19.1. The number of aryl methyl sites for hydroxylation is 1. The summed E-state index contributed by atoms with van der Waals surface area (Å²) in [6.07, 6.45) is 8.13. The molecule has 4 heterocycles. The molecule has 7 heteroatoms. The number of carbonyl (C=O) groups is 2. The van der Waals surface area contributed by atoms with Crippen LogP contribution in [0, 0.1) is 12.3 Å². The first kappa shape index (κ1) is 18.5. The SMILES string of the molecule is Cc1ncncc1C(=O)N1CCC2(CCC(=O)N(Cc3ccccn3)C2)CC1. The highest BCUT2D eigenvalue weighted by atomic mass is 16.2. The van der Waals surface area contributed by atoms with Crippen molar-refractivity contribution in [2.45, 2.75) is 39.2 Å². The maximum absolute atomic E-state index is 12.8. The number of piperidine rings is 2. The second-order valence-electron chi connectivity index (χ2n) is 7.88. The molecule has 0 atom stereocenters. The average Bonchev–Trinajstić information content (AvgIpc) is 2.72. The van der Waals surface area contributed by atoms with Gasteiger partial charge in [0.15, 0.2) is 0 Å². The molecule has 1 spiro atoms. The number of pyridine rings is 1. The van der Waals surface area contributed by atoms with Gasteiger partial charge in [0.1, 0.15) is 6.33 Å². The van der Waals surface area contributed by atoms with Gasteiger partial charge in [-0.1, -0.05) is 6.07 Å². The van der Waals surface area contributed by atoms with Crippen LogP contribution in [0.15, 0.2) is 36.9 Å². The smallest absolute Gasteiger partial charge is 0.257 e. The molecule has 2 aromatic rings. The number of likely N-dealkylation sites (tertiary alicyclic amines) is 2. The van der Waals surface area contributed by atoms with Gasteiger partial charge in [0.2, 0.25) is 5.91 Å². The highest BCUT2D eigenvalue weighted by Crippen LogP contribution is 2.40. The highest BCUT2D eigenvalue weighted by molar-refractivity contribution is 5.95. The minimum atomic E-state index is 0.00479. The van der Waals surface area contributed by atoms with Crippen LogP contribution >= 0.6 is 0 Å². The topological polar surface area (TPSA) is 79.3 Å². The molecule has 0 bridgehead atoms. The molecule has 2 saturated heterocycles. The summed E-state index contributed by atoms with van der Waals surface area (Å²) in [6.45, 7) is 4.56. The third kappa shape index (κ3) is 3.74. The van der Waals surface area contributed by atoms with Gasteiger partial charge in [0.05, 0.1) is 23.5 Å². The van der Waals surface area contributed by atoms with Gasteiger partial charge in [-0.2, -0.15) is 0 Å². The summed E-state index contributed by atoms with van der Waals surface area (Å²) in [4.78, 5) is 41.6. The van der Waals surface area contributed by atoms with Crippen molar-refractivity contribution in [3.8, 4) is 0 Å². The van der Waals surface area contributed by atoms with Gasteiger partial charge in [-0.05, 0) is 43.7 Å². The molecule has 146 valence electrons. The Morgan fingerprint density at radius 3 is 2.71 bits per heavy atom. The molecule has 0 saturated carbocycles. The fourth-order valence-electron chi connectivity index (χ4n) is 4.30. The number of hydrogen-bond donors (Lipinski definition) is 0. The van der Waals surface area contributed by atoms with E-state index in [4.69, 9.17) is 0 Å². The second-order valence-corrected chi connectivity index (χ2v) is 7.88. The van der Waals surface area contributed by atoms with E-state index in [0.717, 1.165) is 31.5 Å². The van der Waals surface area contributed by atoms with E-state index in [-0.39, 0.29) is 17.2 Å². The van der Waals surface area contributed by atoms with Crippen molar-refractivity contribution in [2.24, 2.45) is 5.41 Å². The minimum Gasteiger partial charge on any atom is -0.339 e. The standard InChI is InChI=1S/C21H25N5O2/c1-16-18(12-22-15-24-16)20(28)25-10-7-21(8-11-25)6-5-19(27)26(14-21)13-17-4-2-3-9-23-17/h2-4,9,12,15H,5-8,10-11,13-14H2,1H3. The average molecular weight is 379 g/mol. The Morgan fingerprint density at radius 1 is 1.18 bits per heavy atom. The molecule has 2 aromatic heterocycles. The van der Waals surface area contributed by atoms with Crippen molar-refractivity contribution in [3.05, 3.63) is 53.9 Å². The Balaban J connectivity index is 1.41. The minimum absolute atomic E-state index is 0.00479. The molecule has 2 amide bonds. The van der Waals surface area contributed by atoms with Crippen molar-refractivity contribution in [2.75, 3.05) is 19.6 Å². The van der Waals surface area contributed by atoms with Crippen LogP contribution in [0.4, 0.5) is 0 Å². The zero-order valence-electron chi connectivity index (χ0n) is 16.2. The number of aromatic nitrogens is 3. The fourth-order valence-corrected chi connectivity index (χ4v) is 4.30. The molecule has 0 unspecified atom stereocenters. The lowest BCUT2D eigenvalue weighted by atomic mass is 9.72. The van der Waals surface area contributed by atoms with Gasteiger partial charge in [0, 0.05) is 38.4 Å². The lowest BCUT2D eigenvalue weighted by Gasteiger charge is -2.47. The molecule has 7 nitrogen and oxygen atoms in total. The van der Waals surface area contributed by atoms with Crippen LogP contribution in [-0.4, -0.2) is 56.2 Å². The number of hydrogen-bond acceptors (Lipinski definition) is 5. The molecule has 4 rings (SSSR count). The van der Waals surface area contributed by atoms with Crippen LogP contribution in [0.25, 0.3) is 0 Å². The number of nitrogens with zero attached hydrogens (tertiary/aromatic N) is 5. The first-order valence-corrected chi connectivity index (χ1v) is 9.80. The van der Waals surface area contributed by atoms with Gasteiger partial charge in [0.25, 0.3) is 5.91 Å².